The summed E-state index contributed by atoms with van der Waals surface area (Å²) in [4.78, 5) is 29.0. The Morgan fingerprint density at radius 1 is 0.914 bits per heavy atom. The lowest BCUT2D eigenvalue weighted by atomic mass is 10.0. The summed E-state index contributed by atoms with van der Waals surface area (Å²) < 4.78 is 0. The summed E-state index contributed by atoms with van der Waals surface area (Å²) in [5.41, 5.74) is 1.06. The Balaban J connectivity index is 1.08. The molecule has 0 bridgehead atoms. The lowest BCUT2D eigenvalue weighted by Crippen LogP contribution is -2.46. The molecule has 1 N–H and O–H groups in total. The predicted octanol–water partition coefficient (Wildman–Crippen LogP) is 4.05. The monoisotopic (exact) mass is 474 g/mol. The molecule has 2 aromatic rings. The number of hydrogen-bond donors (Lipinski definition) is 1. The summed E-state index contributed by atoms with van der Waals surface area (Å²) in [6.07, 6.45) is 13.8. The number of nitrogens with zero attached hydrogens (tertiary/aromatic N) is 5. The molecule has 1 unspecified atom stereocenters. The summed E-state index contributed by atoms with van der Waals surface area (Å²) in [7, 11) is 0. The van der Waals surface area contributed by atoms with Crippen LogP contribution in [0.5, 0.6) is 0 Å². The van der Waals surface area contributed by atoms with Gasteiger partial charge in [-0.2, -0.15) is 4.98 Å². The number of nitrogens with one attached hydrogen (secondary N) is 1. The third-order valence-corrected chi connectivity index (χ3v) is 7.63. The smallest absolute Gasteiger partial charge is 0.246 e. The normalized spacial score (nSPS) is 22.5. The SMILES string of the molecule is O=C(C=Cc1ccccc1)N1CCC(N2CCC(Nc3nccc(N4CCCCCC4)n3)C2)CC1. The second kappa shape index (κ2) is 11.7. The second-order valence-corrected chi connectivity index (χ2v) is 10.1. The van der Waals surface area contributed by atoms with Crippen molar-refractivity contribution in [3.63, 3.8) is 0 Å². The first-order valence-corrected chi connectivity index (χ1v) is 13.4. The average Bonchev–Trinajstić information content (AvgIpc) is 3.19. The van der Waals surface area contributed by atoms with Crippen LogP contribution in [0.15, 0.2) is 48.7 Å². The third-order valence-electron chi connectivity index (χ3n) is 7.63. The zero-order valence-corrected chi connectivity index (χ0v) is 20.7. The summed E-state index contributed by atoms with van der Waals surface area (Å²) in [6, 6.07) is 13.0. The molecule has 3 aliphatic rings. The molecule has 0 aliphatic carbocycles. The van der Waals surface area contributed by atoms with Crippen LogP contribution in [-0.2, 0) is 4.79 Å². The molecule has 1 aromatic heterocycles. The lowest BCUT2D eigenvalue weighted by molar-refractivity contribution is -0.127. The number of anilines is 2. The van der Waals surface area contributed by atoms with Crippen LogP contribution in [0.2, 0.25) is 0 Å². The van der Waals surface area contributed by atoms with Crippen molar-refractivity contribution >= 4 is 23.7 Å². The number of aromatic nitrogens is 2. The molecule has 0 radical (unpaired) electrons. The molecule has 1 atom stereocenters. The van der Waals surface area contributed by atoms with Gasteiger partial charge in [-0.3, -0.25) is 9.69 Å². The van der Waals surface area contributed by atoms with E-state index in [1.54, 1.807) is 6.08 Å². The van der Waals surface area contributed by atoms with E-state index in [2.05, 4.69) is 20.1 Å². The van der Waals surface area contributed by atoms with Crippen LogP contribution in [0.4, 0.5) is 11.8 Å². The third kappa shape index (κ3) is 6.40. The molecule has 3 fully saturated rings. The van der Waals surface area contributed by atoms with E-state index < -0.39 is 0 Å². The number of amides is 1. The minimum Gasteiger partial charge on any atom is -0.356 e. The van der Waals surface area contributed by atoms with Crippen molar-refractivity contribution in [2.75, 3.05) is 49.5 Å². The van der Waals surface area contributed by atoms with Gasteiger partial charge in [0.05, 0.1) is 0 Å². The summed E-state index contributed by atoms with van der Waals surface area (Å²) >= 11 is 0. The fourth-order valence-corrected chi connectivity index (χ4v) is 5.60. The Bertz CT molecular complexity index is 980. The van der Waals surface area contributed by atoms with E-state index in [-0.39, 0.29) is 5.91 Å². The van der Waals surface area contributed by atoms with Crippen LogP contribution >= 0.6 is 0 Å². The van der Waals surface area contributed by atoms with E-state index in [4.69, 9.17) is 4.98 Å². The Morgan fingerprint density at radius 2 is 1.69 bits per heavy atom. The second-order valence-electron chi connectivity index (χ2n) is 10.1. The molecule has 1 amide bonds. The topological polar surface area (TPSA) is 64.6 Å². The minimum atomic E-state index is 0.120. The van der Waals surface area contributed by atoms with Gasteiger partial charge in [-0.05, 0) is 49.8 Å². The Kier molecular flexibility index (Phi) is 7.93. The van der Waals surface area contributed by atoms with Gasteiger partial charge in [0.15, 0.2) is 0 Å². The van der Waals surface area contributed by atoms with E-state index >= 15 is 0 Å². The van der Waals surface area contributed by atoms with Crippen LogP contribution in [0.1, 0.15) is 50.5 Å². The first-order chi connectivity index (χ1) is 17.2. The maximum atomic E-state index is 12.6. The van der Waals surface area contributed by atoms with Gasteiger partial charge in [0.1, 0.15) is 5.82 Å². The highest BCUT2D eigenvalue weighted by molar-refractivity contribution is 5.91. The fourth-order valence-electron chi connectivity index (χ4n) is 5.60. The van der Waals surface area contributed by atoms with Crippen LogP contribution in [-0.4, -0.2) is 77.0 Å². The van der Waals surface area contributed by atoms with E-state index in [9.17, 15) is 4.79 Å². The molecule has 0 spiro atoms. The van der Waals surface area contributed by atoms with Crippen molar-refractivity contribution in [1.29, 1.82) is 0 Å². The van der Waals surface area contributed by atoms with E-state index in [0.717, 1.165) is 75.9 Å². The molecule has 0 saturated carbocycles. The van der Waals surface area contributed by atoms with Gasteiger partial charge in [-0.25, -0.2) is 4.98 Å². The lowest BCUT2D eigenvalue weighted by Gasteiger charge is -2.36. The Morgan fingerprint density at radius 3 is 2.46 bits per heavy atom. The first kappa shape index (κ1) is 23.8. The zero-order valence-electron chi connectivity index (χ0n) is 20.7. The van der Waals surface area contributed by atoms with Crippen molar-refractivity contribution in [2.24, 2.45) is 0 Å². The van der Waals surface area contributed by atoms with E-state index in [0.29, 0.717) is 12.1 Å². The minimum absolute atomic E-state index is 0.120. The molecule has 7 heteroatoms. The standard InChI is InChI=1S/C28H38N6O/c35-27(11-10-23-8-4-3-5-9-23)33-20-14-25(15-21-33)34-19-13-24(22-34)30-28-29-16-12-26(31-28)32-17-6-1-2-7-18-32/h3-5,8-12,16,24-25H,1-2,6-7,13-15,17-22H2,(H,29,30,31). The highest BCUT2D eigenvalue weighted by Gasteiger charge is 2.31. The number of likely N-dealkylation sites (tertiary alicyclic amines) is 2. The summed E-state index contributed by atoms with van der Waals surface area (Å²) in [5.74, 6) is 1.93. The number of benzene rings is 1. The van der Waals surface area contributed by atoms with Crippen molar-refractivity contribution in [3.05, 3.63) is 54.2 Å². The molecular formula is C28H38N6O. The Labute approximate surface area is 209 Å². The number of rotatable bonds is 6. The maximum absolute atomic E-state index is 12.6. The van der Waals surface area contributed by atoms with Gasteiger partial charge < -0.3 is 15.1 Å². The van der Waals surface area contributed by atoms with E-state index in [1.165, 1.54) is 25.7 Å². The molecule has 3 saturated heterocycles. The molecule has 5 rings (SSSR count). The molecule has 7 nitrogen and oxygen atoms in total. The predicted molar refractivity (Wildman–Crippen MR) is 141 cm³/mol. The first-order valence-electron chi connectivity index (χ1n) is 13.4. The van der Waals surface area contributed by atoms with E-state index in [1.807, 2.05) is 53.6 Å². The van der Waals surface area contributed by atoms with Gasteiger partial charge in [0.25, 0.3) is 0 Å². The van der Waals surface area contributed by atoms with Gasteiger partial charge in [-0.1, -0.05) is 43.2 Å². The van der Waals surface area contributed by atoms with Crippen LogP contribution < -0.4 is 10.2 Å². The molecule has 1 aromatic carbocycles. The van der Waals surface area contributed by atoms with Crippen LogP contribution in [0, 0.1) is 0 Å². The largest absolute Gasteiger partial charge is 0.356 e. The molecule has 186 valence electrons. The van der Waals surface area contributed by atoms with Crippen molar-refractivity contribution in [2.45, 2.75) is 57.0 Å². The summed E-state index contributed by atoms with van der Waals surface area (Å²) in [6.45, 7) is 5.96. The van der Waals surface area contributed by atoms with Crippen molar-refractivity contribution < 1.29 is 4.79 Å². The molecule has 3 aliphatic heterocycles. The number of carbonyl (C=O) groups is 1. The zero-order chi connectivity index (χ0) is 23.9. The highest BCUT2D eigenvalue weighted by atomic mass is 16.2. The number of piperidine rings is 1. The van der Waals surface area contributed by atoms with Gasteiger partial charge >= 0.3 is 0 Å². The van der Waals surface area contributed by atoms with Crippen LogP contribution in [0.25, 0.3) is 6.08 Å². The quantitative estimate of drug-likeness (QED) is 0.638. The molecular weight excluding hydrogens is 436 g/mol. The number of hydrogen-bond acceptors (Lipinski definition) is 6. The van der Waals surface area contributed by atoms with Crippen molar-refractivity contribution in [1.82, 2.24) is 19.8 Å². The van der Waals surface area contributed by atoms with Gasteiger partial charge in [0.2, 0.25) is 11.9 Å². The Hall–Kier alpha value is -2.93. The average molecular weight is 475 g/mol. The highest BCUT2D eigenvalue weighted by Crippen LogP contribution is 2.24. The molecule has 35 heavy (non-hydrogen) atoms. The maximum Gasteiger partial charge on any atom is 0.246 e. The van der Waals surface area contributed by atoms with Crippen LogP contribution in [0.3, 0.4) is 0 Å². The van der Waals surface area contributed by atoms with Crippen molar-refractivity contribution in [3.8, 4) is 0 Å². The number of carbonyl (C=O) groups excluding carboxylic acids is 1. The van der Waals surface area contributed by atoms with Gasteiger partial charge in [0, 0.05) is 63.6 Å². The molecule has 4 heterocycles. The fraction of sp³-hybridized carbons (Fsp3) is 0.536. The summed E-state index contributed by atoms with van der Waals surface area (Å²) in [5, 5.41) is 3.60. The van der Waals surface area contributed by atoms with Gasteiger partial charge in [-0.15, -0.1) is 0 Å².